The second-order valence-electron chi connectivity index (χ2n) is 6.21. The van der Waals surface area contributed by atoms with Crippen LogP contribution in [0.4, 0.5) is 0 Å². The zero-order chi connectivity index (χ0) is 18.6. The number of carbonyl (C=O) groups excluding carboxylic acids is 1. The van der Waals surface area contributed by atoms with Gasteiger partial charge in [-0.2, -0.15) is 0 Å². The first-order valence-electron chi connectivity index (χ1n) is 8.26. The number of carboxylic acids is 1. The smallest absolute Gasteiger partial charge is 0.311 e. The standard InChI is InChI=1S/C18H19ClN2O5/c19-13-3-4-14(16-12(13)2-1-7-20-16)26-10-15(22)21-11-18(17(23)24)5-8-25-9-6-18/h1-4,7H,5-6,8-11H2,(H,21,22)(H,23,24). The molecule has 8 heteroatoms. The second-order valence-corrected chi connectivity index (χ2v) is 6.62. The number of aromatic nitrogens is 1. The first kappa shape index (κ1) is 18.4. The molecule has 0 radical (unpaired) electrons. The third-order valence-corrected chi connectivity index (χ3v) is 4.90. The van der Waals surface area contributed by atoms with Gasteiger partial charge in [0.05, 0.1) is 10.4 Å². The molecule has 1 amide bonds. The third kappa shape index (κ3) is 3.89. The lowest BCUT2D eigenvalue weighted by atomic mass is 9.80. The van der Waals surface area contributed by atoms with Crippen LogP contribution in [-0.2, 0) is 14.3 Å². The Balaban J connectivity index is 1.61. The van der Waals surface area contributed by atoms with Gasteiger partial charge in [0.1, 0.15) is 11.3 Å². The average Bonchev–Trinajstić information content (AvgIpc) is 2.67. The van der Waals surface area contributed by atoms with E-state index in [9.17, 15) is 14.7 Å². The highest BCUT2D eigenvalue weighted by molar-refractivity contribution is 6.35. The molecule has 3 rings (SSSR count). The molecule has 26 heavy (non-hydrogen) atoms. The van der Waals surface area contributed by atoms with Crippen LogP contribution in [0.5, 0.6) is 5.75 Å². The fourth-order valence-corrected chi connectivity index (χ4v) is 3.13. The van der Waals surface area contributed by atoms with Crippen molar-refractivity contribution < 1.29 is 24.2 Å². The lowest BCUT2D eigenvalue weighted by molar-refractivity contribution is -0.154. The van der Waals surface area contributed by atoms with Crippen LogP contribution in [-0.4, -0.2) is 48.3 Å². The normalized spacial score (nSPS) is 16.2. The largest absolute Gasteiger partial charge is 0.481 e. The summed E-state index contributed by atoms with van der Waals surface area (Å²) in [6, 6.07) is 6.92. The fraction of sp³-hybridized carbons (Fsp3) is 0.389. The molecule has 7 nitrogen and oxygen atoms in total. The van der Waals surface area contributed by atoms with Crippen molar-refractivity contribution in [1.82, 2.24) is 10.3 Å². The first-order valence-corrected chi connectivity index (χ1v) is 8.63. The van der Waals surface area contributed by atoms with E-state index in [4.69, 9.17) is 21.1 Å². The van der Waals surface area contributed by atoms with Crippen LogP contribution >= 0.6 is 11.6 Å². The number of nitrogens with zero attached hydrogens (tertiary/aromatic N) is 1. The van der Waals surface area contributed by atoms with Gasteiger partial charge >= 0.3 is 5.97 Å². The van der Waals surface area contributed by atoms with Crippen molar-refractivity contribution in [2.24, 2.45) is 5.41 Å². The number of carbonyl (C=O) groups is 2. The molecule has 1 aliphatic rings. The van der Waals surface area contributed by atoms with E-state index < -0.39 is 17.3 Å². The van der Waals surface area contributed by atoms with E-state index in [1.807, 2.05) is 6.07 Å². The van der Waals surface area contributed by atoms with E-state index in [0.717, 1.165) is 5.39 Å². The number of halogens is 1. The summed E-state index contributed by atoms with van der Waals surface area (Å²) in [5.74, 6) is -0.870. The molecule has 0 bridgehead atoms. The minimum Gasteiger partial charge on any atom is -0.481 e. The number of rotatable bonds is 6. The molecule has 1 aromatic carbocycles. The number of benzene rings is 1. The maximum absolute atomic E-state index is 12.1. The minimum atomic E-state index is -0.984. The SMILES string of the molecule is O=C(COc1ccc(Cl)c2cccnc12)NCC1(C(=O)O)CCOCC1. The van der Waals surface area contributed by atoms with Crippen LogP contribution in [0.1, 0.15) is 12.8 Å². The Bertz CT molecular complexity index is 820. The number of aliphatic carboxylic acids is 1. The maximum atomic E-state index is 12.1. The summed E-state index contributed by atoms with van der Waals surface area (Å²) in [5.41, 5.74) is -0.415. The van der Waals surface area contributed by atoms with Crippen LogP contribution in [0.3, 0.4) is 0 Å². The highest BCUT2D eigenvalue weighted by atomic mass is 35.5. The third-order valence-electron chi connectivity index (χ3n) is 4.57. The average molecular weight is 379 g/mol. The van der Waals surface area contributed by atoms with Crippen LogP contribution in [0, 0.1) is 5.41 Å². The summed E-state index contributed by atoms with van der Waals surface area (Å²) in [7, 11) is 0. The van der Waals surface area contributed by atoms with Crippen molar-refractivity contribution in [3.63, 3.8) is 0 Å². The summed E-state index contributed by atoms with van der Waals surface area (Å²) in [4.78, 5) is 27.9. The van der Waals surface area contributed by atoms with Gasteiger partial charge in [0.15, 0.2) is 6.61 Å². The molecule has 0 spiro atoms. The monoisotopic (exact) mass is 378 g/mol. The highest BCUT2D eigenvalue weighted by Crippen LogP contribution is 2.31. The maximum Gasteiger partial charge on any atom is 0.311 e. The second kappa shape index (κ2) is 7.88. The van der Waals surface area contributed by atoms with Crippen molar-refractivity contribution in [2.75, 3.05) is 26.4 Å². The number of amides is 1. The van der Waals surface area contributed by atoms with Gasteiger partial charge in [-0.05, 0) is 37.1 Å². The summed E-state index contributed by atoms with van der Waals surface area (Å²) < 4.78 is 10.8. The molecule has 1 aliphatic heterocycles. The molecule has 0 unspecified atom stereocenters. The van der Waals surface area contributed by atoms with Crippen LogP contribution < -0.4 is 10.1 Å². The van der Waals surface area contributed by atoms with Gasteiger partial charge in [-0.3, -0.25) is 14.6 Å². The van der Waals surface area contributed by atoms with Crippen LogP contribution in [0.15, 0.2) is 30.5 Å². The number of hydrogen-bond acceptors (Lipinski definition) is 5. The van der Waals surface area contributed by atoms with E-state index >= 15 is 0 Å². The summed E-state index contributed by atoms with van der Waals surface area (Å²) in [6.45, 7) is 0.565. The molecule has 0 saturated carbocycles. The van der Waals surface area contributed by atoms with E-state index in [2.05, 4.69) is 10.3 Å². The number of nitrogens with one attached hydrogen (secondary N) is 1. The molecule has 0 aliphatic carbocycles. The Kier molecular flexibility index (Phi) is 5.58. The van der Waals surface area contributed by atoms with Crippen LogP contribution in [0.2, 0.25) is 5.02 Å². The van der Waals surface area contributed by atoms with Crippen molar-refractivity contribution in [1.29, 1.82) is 0 Å². The Morgan fingerprint density at radius 1 is 1.31 bits per heavy atom. The van der Waals surface area contributed by atoms with Crippen molar-refractivity contribution in [3.8, 4) is 5.75 Å². The van der Waals surface area contributed by atoms with Gasteiger partial charge in [-0.15, -0.1) is 0 Å². The molecule has 2 aromatic rings. The van der Waals surface area contributed by atoms with E-state index in [1.165, 1.54) is 0 Å². The van der Waals surface area contributed by atoms with Gasteiger partial charge in [-0.25, -0.2) is 0 Å². The molecule has 1 saturated heterocycles. The van der Waals surface area contributed by atoms with Gasteiger partial charge in [0, 0.05) is 31.3 Å². The van der Waals surface area contributed by atoms with E-state index in [1.54, 1.807) is 24.4 Å². The molecule has 1 aromatic heterocycles. The predicted octanol–water partition coefficient (Wildman–Crippen LogP) is 2.26. The van der Waals surface area contributed by atoms with Crippen LogP contribution in [0.25, 0.3) is 10.9 Å². The molecular weight excluding hydrogens is 360 g/mol. The minimum absolute atomic E-state index is 0.0491. The fourth-order valence-electron chi connectivity index (χ4n) is 2.92. The number of pyridine rings is 1. The van der Waals surface area contributed by atoms with Crippen molar-refractivity contribution in [2.45, 2.75) is 12.8 Å². The summed E-state index contributed by atoms with van der Waals surface area (Å²) in [5, 5.41) is 13.4. The Morgan fingerprint density at radius 3 is 2.81 bits per heavy atom. The van der Waals surface area contributed by atoms with E-state index in [0.29, 0.717) is 42.3 Å². The predicted molar refractivity (Wildman–Crippen MR) is 95.4 cm³/mol. The Hall–Kier alpha value is -2.38. The number of fused-ring (bicyclic) bond motifs is 1. The molecule has 2 heterocycles. The van der Waals surface area contributed by atoms with E-state index in [-0.39, 0.29) is 13.2 Å². The van der Waals surface area contributed by atoms with Crippen molar-refractivity contribution in [3.05, 3.63) is 35.5 Å². The highest BCUT2D eigenvalue weighted by Gasteiger charge is 2.40. The lowest BCUT2D eigenvalue weighted by Gasteiger charge is -2.33. The molecule has 2 N–H and O–H groups in total. The molecule has 0 atom stereocenters. The molecule has 138 valence electrons. The number of hydrogen-bond donors (Lipinski definition) is 2. The zero-order valence-corrected chi connectivity index (χ0v) is 14.8. The molecular formula is C18H19ClN2O5. The quantitative estimate of drug-likeness (QED) is 0.800. The number of ether oxygens (including phenoxy) is 2. The Labute approximate surface area is 155 Å². The van der Waals surface area contributed by atoms with Gasteiger partial charge < -0.3 is 19.9 Å². The van der Waals surface area contributed by atoms with Gasteiger partial charge in [0.25, 0.3) is 5.91 Å². The first-order chi connectivity index (χ1) is 12.5. The summed E-state index contributed by atoms with van der Waals surface area (Å²) >= 11 is 6.13. The topological polar surface area (TPSA) is 97.8 Å². The Morgan fingerprint density at radius 2 is 2.08 bits per heavy atom. The molecule has 1 fully saturated rings. The zero-order valence-electron chi connectivity index (χ0n) is 14.0. The summed E-state index contributed by atoms with van der Waals surface area (Å²) in [6.07, 6.45) is 2.36. The van der Waals surface area contributed by atoms with Gasteiger partial charge in [-0.1, -0.05) is 11.6 Å². The number of carboxylic acid groups (broad SMARTS) is 1. The van der Waals surface area contributed by atoms with Gasteiger partial charge in [0.2, 0.25) is 0 Å². The van der Waals surface area contributed by atoms with Crippen molar-refractivity contribution >= 4 is 34.4 Å². The lowest BCUT2D eigenvalue weighted by Crippen LogP contribution is -2.47.